The van der Waals surface area contributed by atoms with E-state index in [1.54, 1.807) is 28.7 Å². The number of fused-ring (bicyclic) bond motifs is 2. The Bertz CT molecular complexity index is 2780. The number of hydrogen-bond donors (Lipinski definition) is 4. The summed E-state index contributed by atoms with van der Waals surface area (Å²) in [6, 6.07) is 36.0. The Balaban J connectivity index is 0.847. The number of piperidine rings is 1. The maximum absolute atomic E-state index is 14.9. The van der Waals surface area contributed by atoms with Crippen LogP contribution in [0.5, 0.6) is 0 Å². The van der Waals surface area contributed by atoms with Crippen molar-refractivity contribution in [3.63, 3.8) is 0 Å². The van der Waals surface area contributed by atoms with Crippen LogP contribution in [0.4, 0.5) is 0 Å². The molecule has 458 valence electrons. The Morgan fingerprint density at radius 1 is 0.729 bits per heavy atom. The van der Waals surface area contributed by atoms with Crippen molar-refractivity contribution in [1.82, 2.24) is 35.6 Å². The van der Waals surface area contributed by atoms with Gasteiger partial charge in [-0.3, -0.25) is 33.7 Å². The van der Waals surface area contributed by atoms with Crippen LogP contribution in [0.1, 0.15) is 128 Å². The van der Waals surface area contributed by atoms with Crippen LogP contribution in [0, 0.1) is 23.7 Å². The minimum Gasteiger partial charge on any atom is -0.480 e. The van der Waals surface area contributed by atoms with Crippen LogP contribution in [0.25, 0.3) is 0 Å². The molecule has 3 aliphatic heterocycles. The highest BCUT2D eigenvalue weighted by Crippen LogP contribution is 2.48. The quantitative estimate of drug-likeness (QED) is 0.0227. The summed E-state index contributed by atoms with van der Waals surface area (Å²) in [7, 11) is 4.73. The number of ether oxygens (including phenoxy) is 2. The topological polar surface area (TPSA) is 207 Å². The number of hydrogen-bond acceptors (Lipinski definition) is 10. The van der Waals surface area contributed by atoms with Gasteiger partial charge in [-0.15, -0.1) is 0 Å². The lowest BCUT2D eigenvalue weighted by Crippen LogP contribution is -2.60. The van der Waals surface area contributed by atoms with Gasteiger partial charge in [0.2, 0.25) is 35.4 Å². The van der Waals surface area contributed by atoms with Crippen molar-refractivity contribution in [2.75, 3.05) is 40.9 Å². The molecule has 2 bridgehead atoms. The predicted octanol–water partition coefficient (Wildman–Crippen LogP) is 7.59. The van der Waals surface area contributed by atoms with Crippen molar-refractivity contribution in [2.24, 2.45) is 23.7 Å². The van der Waals surface area contributed by atoms with Crippen molar-refractivity contribution in [3.8, 4) is 0 Å². The zero-order chi connectivity index (χ0) is 61.0. The molecule has 1 saturated carbocycles. The van der Waals surface area contributed by atoms with E-state index in [1.165, 1.54) is 14.2 Å². The number of likely N-dealkylation sites (N-methyl/N-ethyl adjacent to an activating group) is 1. The van der Waals surface area contributed by atoms with Crippen molar-refractivity contribution < 1.29 is 48.1 Å². The zero-order valence-corrected chi connectivity index (χ0v) is 51.1. The average Bonchev–Trinajstić information content (AvgIpc) is 2.58. The maximum Gasteiger partial charge on any atom is 0.326 e. The van der Waals surface area contributed by atoms with Gasteiger partial charge >= 0.3 is 5.97 Å². The van der Waals surface area contributed by atoms with Gasteiger partial charge in [0.15, 0.2) is 0 Å². The van der Waals surface area contributed by atoms with Gasteiger partial charge in [-0.2, -0.15) is 0 Å². The van der Waals surface area contributed by atoms with Crippen molar-refractivity contribution in [3.05, 3.63) is 144 Å². The second-order valence-electron chi connectivity index (χ2n) is 24.5. The Kier molecular flexibility index (Phi) is 22.2. The van der Waals surface area contributed by atoms with Crippen molar-refractivity contribution in [1.29, 1.82) is 0 Å². The largest absolute Gasteiger partial charge is 0.480 e. The second kappa shape index (κ2) is 29.4. The summed E-state index contributed by atoms with van der Waals surface area (Å²) >= 11 is 0. The molecule has 4 aromatic rings. The van der Waals surface area contributed by atoms with Crippen LogP contribution in [0.15, 0.2) is 121 Å². The molecule has 8 rings (SSSR count). The zero-order valence-electron chi connectivity index (χ0n) is 51.1. The van der Waals surface area contributed by atoms with Gasteiger partial charge in [0.05, 0.1) is 42.2 Å². The Hall–Kier alpha value is -6.95. The van der Waals surface area contributed by atoms with Crippen LogP contribution in [-0.4, -0.2) is 162 Å². The highest BCUT2D eigenvalue weighted by Gasteiger charge is 2.56. The molecule has 6 amide bonds. The molecule has 17 heteroatoms. The molecule has 4 aromatic carbocycles. The summed E-state index contributed by atoms with van der Waals surface area (Å²) in [5.74, 6) is -3.86. The second-order valence-corrected chi connectivity index (χ2v) is 24.5. The highest BCUT2D eigenvalue weighted by molar-refractivity contribution is 5.93. The van der Waals surface area contributed by atoms with Crippen molar-refractivity contribution in [2.45, 2.75) is 172 Å². The van der Waals surface area contributed by atoms with Gasteiger partial charge in [-0.25, -0.2) is 4.79 Å². The van der Waals surface area contributed by atoms with Crippen LogP contribution < -0.4 is 16.0 Å². The number of amides is 6. The molecule has 4 N–H and O–H groups in total. The lowest BCUT2D eigenvalue weighted by Gasteiger charge is -2.41. The van der Waals surface area contributed by atoms with Crippen LogP contribution >= 0.6 is 0 Å². The van der Waals surface area contributed by atoms with E-state index in [2.05, 4.69) is 57.2 Å². The van der Waals surface area contributed by atoms with E-state index in [9.17, 15) is 38.7 Å². The number of carboxylic acids is 1. The summed E-state index contributed by atoms with van der Waals surface area (Å²) in [6.45, 7) is 11.0. The average molecular weight is 1170 g/mol. The standard InChI is InChI=1S/C68H91N7O10/c1-9-45(4)60(56(84-7)42-58(77)73-39-25-34-54(73)62(85-8)46(5)63(78)70-53(67(82)83)40-47-26-15-10-16-27-47)72(6)66(81)59(44(2)3)71-65(80)61-48-36-37-52(41-48)75(61)57(76)35-23-14-24-38-69-64(79)55-43-74(55)68(49-28-17-11-18-29-49,50-30-19-12-20-31-50)51-32-21-13-22-33-51/h10-13,15-22,26-33,44-46,48,52-56,59-62H,9,14,23-25,34-43H2,1-8H3,(H,69,79)(H,70,78)(H,71,80)(H,82,83)/t45?,46?,48-,52+,53?,54-,55?,56?,59?,60?,61-,62?,74?/m0/s1. The third-order valence-corrected chi connectivity index (χ3v) is 18.8. The van der Waals surface area contributed by atoms with E-state index in [4.69, 9.17) is 9.47 Å². The number of carbonyl (C=O) groups excluding carboxylic acids is 6. The lowest BCUT2D eigenvalue weighted by molar-refractivity contribution is -0.149. The lowest BCUT2D eigenvalue weighted by atomic mass is 9.76. The molecule has 4 fully saturated rings. The molecular weight excluding hydrogens is 1070 g/mol. The van der Waals surface area contributed by atoms with Gasteiger partial charge in [0, 0.05) is 59.8 Å². The minimum atomic E-state index is -1.16. The molecule has 0 aromatic heterocycles. The van der Waals surface area contributed by atoms with E-state index in [1.807, 2.05) is 113 Å². The van der Waals surface area contributed by atoms with E-state index in [0.29, 0.717) is 51.7 Å². The summed E-state index contributed by atoms with van der Waals surface area (Å²) in [5, 5.41) is 19.0. The third-order valence-electron chi connectivity index (χ3n) is 18.8. The molecule has 13 atom stereocenters. The monoisotopic (exact) mass is 1170 g/mol. The van der Waals surface area contributed by atoms with E-state index < -0.39 is 65.8 Å². The smallest absolute Gasteiger partial charge is 0.326 e. The summed E-state index contributed by atoms with van der Waals surface area (Å²) in [4.78, 5) is 105. The molecule has 85 heavy (non-hydrogen) atoms. The van der Waals surface area contributed by atoms with Gasteiger partial charge in [0.25, 0.3) is 0 Å². The first-order chi connectivity index (χ1) is 41.0. The summed E-state index contributed by atoms with van der Waals surface area (Å²) < 4.78 is 12.1. The van der Waals surface area contributed by atoms with Gasteiger partial charge in [0.1, 0.15) is 24.2 Å². The fraction of sp³-hybridized carbons (Fsp3) is 0.544. The number of carboxylic acid groups (broad SMARTS) is 1. The summed E-state index contributed by atoms with van der Waals surface area (Å²) in [5.41, 5.74) is 3.38. The number of aliphatic carboxylic acids is 1. The molecular formula is C68H91N7O10. The predicted molar refractivity (Wildman–Crippen MR) is 326 cm³/mol. The van der Waals surface area contributed by atoms with Crippen molar-refractivity contribution >= 4 is 41.4 Å². The SMILES string of the molecule is CCC(C)C(C(CC(=O)N1CCC[C@H]1C(OC)C(C)C(=O)NC(Cc1ccccc1)C(=O)O)OC)N(C)C(=O)C(NC(=O)[C@@H]1[C@H]2CC[C@H](C2)N1C(=O)CCCCCNC(=O)C1CN1C(c1ccccc1)(c1ccccc1)c1ccccc1)C(C)C. The molecule has 0 radical (unpaired) electrons. The molecule has 17 nitrogen and oxygen atoms in total. The Labute approximate surface area is 502 Å². The highest BCUT2D eigenvalue weighted by atomic mass is 16.5. The van der Waals surface area contributed by atoms with E-state index in [0.717, 1.165) is 47.9 Å². The normalized spacial score (nSPS) is 22.4. The number of methoxy groups -OCH3 is 2. The third kappa shape index (κ3) is 14.5. The number of carbonyl (C=O) groups is 7. The van der Waals surface area contributed by atoms with E-state index >= 15 is 0 Å². The number of nitrogens with one attached hydrogen (secondary N) is 3. The number of nitrogens with zero attached hydrogens (tertiary/aromatic N) is 4. The summed E-state index contributed by atoms with van der Waals surface area (Å²) in [6.07, 6.45) is 5.18. The first-order valence-electron chi connectivity index (χ1n) is 31.0. The van der Waals surface area contributed by atoms with Gasteiger partial charge < -0.3 is 45.2 Å². The van der Waals surface area contributed by atoms with Gasteiger partial charge in [-0.05, 0) is 85.0 Å². The number of likely N-dealkylation sites (tertiary alicyclic amines) is 2. The van der Waals surface area contributed by atoms with Gasteiger partial charge in [-0.1, -0.05) is 169 Å². The molecule has 1 aliphatic carbocycles. The Morgan fingerprint density at radius 3 is 1.88 bits per heavy atom. The fourth-order valence-corrected chi connectivity index (χ4v) is 14.1. The van der Waals surface area contributed by atoms with Crippen LogP contribution in [0.3, 0.4) is 0 Å². The number of rotatable bonds is 30. The molecule has 3 saturated heterocycles. The maximum atomic E-state index is 14.9. The Morgan fingerprint density at radius 2 is 1.33 bits per heavy atom. The first-order valence-corrected chi connectivity index (χ1v) is 31.0. The molecule has 4 aliphatic rings. The van der Waals surface area contributed by atoms with E-state index in [-0.39, 0.29) is 78.6 Å². The van der Waals surface area contributed by atoms with Crippen LogP contribution in [-0.2, 0) is 55.0 Å². The molecule has 9 unspecified atom stereocenters. The molecule has 3 heterocycles. The first kappa shape index (κ1) is 64.1. The number of benzene rings is 4. The minimum absolute atomic E-state index is 0.0151. The number of unbranched alkanes of at least 4 members (excludes halogenated alkanes) is 2. The van der Waals surface area contributed by atoms with Crippen LogP contribution in [0.2, 0.25) is 0 Å². The molecule has 0 spiro atoms. The fourth-order valence-electron chi connectivity index (χ4n) is 14.1.